The third-order valence-corrected chi connectivity index (χ3v) is 5.70. The molecule has 6 nitrogen and oxygen atoms in total. The molecule has 0 spiro atoms. The quantitative estimate of drug-likeness (QED) is 0.349. The zero-order valence-electron chi connectivity index (χ0n) is 16.8. The molecule has 1 saturated heterocycles. The van der Waals surface area contributed by atoms with Crippen molar-refractivity contribution >= 4 is 47.1 Å². The fourth-order valence-corrected chi connectivity index (χ4v) is 4.04. The van der Waals surface area contributed by atoms with Crippen LogP contribution in [0.1, 0.15) is 41.1 Å². The molecular weight excluding hydrogens is 483 g/mol. The van der Waals surface area contributed by atoms with Gasteiger partial charge in [-0.1, -0.05) is 12.8 Å². The minimum atomic E-state index is 0. The monoisotopic (exact) mass is 514 g/mol. The van der Waals surface area contributed by atoms with E-state index in [4.69, 9.17) is 0 Å². The number of thiazole rings is 1. The molecule has 0 bridgehead atoms. The molecule has 0 atom stereocenters. The third-order valence-electron chi connectivity index (χ3n) is 4.72. The van der Waals surface area contributed by atoms with Gasteiger partial charge >= 0.3 is 0 Å². The Hall–Kier alpha value is -1.42. The number of nitrogens with one attached hydrogen (secondary N) is 2. The summed E-state index contributed by atoms with van der Waals surface area (Å²) in [5.74, 6) is 1.91. The summed E-state index contributed by atoms with van der Waals surface area (Å²) in [7, 11) is 1.80. The van der Waals surface area contributed by atoms with E-state index in [-0.39, 0.29) is 24.0 Å². The van der Waals surface area contributed by atoms with Crippen LogP contribution in [0.25, 0.3) is 0 Å². The standard InChI is InChI=1S/C20H30N6S.HI/c1-16-14-24-19(27-16)8-10-23-20(21-2)25-15-17-7-9-22-18(13-17)26-11-5-3-4-6-12-26;/h7,9,13-14H,3-6,8,10-12,15H2,1-2H3,(H2,21,23,25);1H. The number of hydrogen-bond donors (Lipinski definition) is 2. The molecule has 0 amide bonds. The number of aromatic nitrogens is 2. The molecular formula is C20H31IN6S. The normalized spacial score (nSPS) is 14.9. The molecule has 1 aliphatic rings. The molecule has 0 unspecified atom stereocenters. The van der Waals surface area contributed by atoms with Gasteiger partial charge in [0.2, 0.25) is 0 Å². The summed E-state index contributed by atoms with van der Waals surface area (Å²) >= 11 is 1.75. The Morgan fingerprint density at radius 3 is 2.64 bits per heavy atom. The van der Waals surface area contributed by atoms with Crippen LogP contribution >= 0.6 is 35.3 Å². The van der Waals surface area contributed by atoms with Crippen LogP contribution in [0, 0.1) is 6.92 Å². The molecule has 0 aliphatic carbocycles. The minimum Gasteiger partial charge on any atom is -0.357 e. The van der Waals surface area contributed by atoms with E-state index < -0.39 is 0 Å². The van der Waals surface area contributed by atoms with Crippen molar-refractivity contribution in [3.8, 4) is 0 Å². The summed E-state index contributed by atoms with van der Waals surface area (Å²) in [6.07, 6.45) is 9.95. The van der Waals surface area contributed by atoms with Crippen LogP contribution in [0.5, 0.6) is 0 Å². The van der Waals surface area contributed by atoms with Gasteiger partial charge in [-0.2, -0.15) is 0 Å². The maximum Gasteiger partial charge on any atom is 0.191 e. The number of halogens is 1. The average Bonchev–Trinajstić information content (AvgIpc) is 2.94. The van der Waals surface area contributed by atoms with Crippen LogP contribution in [0.4, 0.5) is 5.82 Å². The summed E-state index contributed by atoms with van der Waals surface area (Å²) in [4.78, 5) is 17.0. The van der Waals surface area contributed by atoms with Gasteiger partial charge in [0.1, 0.15) is 5.82 Å². The first-order valence-electron chi connectivity index (χ1n) is 9.80. The molecule has 1 fully saturated rings. The summed E-state index contributed by atoms with van der Waals surface area (Å²) in [6.45, 7) is 5.87. The number of pyridine rings is 1. The fraction of sp³-hybridized carbons (Fsp3) is 0.550. The summed E-state index contributed by atoms with van der Waals surface area (Å²) in [5.41, 5.74) is 1.22. The van der Waals surface area contributed by atoms with Gasteiger partial charge in [0.25, 0.3) is 0 Å². The van der Waals surface area contributed by atoms with Gasteiger partial charge in [-0.05, 0) is 37.5 Å². The van der Waals surface area contributed by atoms with E-state index in [1.165, 1.54) is 36.1 Å². The van der Waals surface area contributed by atoms with Gasteiger partial charge in [0.15, 0.2) is 5.96 Å². The van der Waals surface area contributed by atoms with Crippen molar-refractivity contribution < 1.29 is 0 Å². The lowest BCUT2D eigenvalue weighted by Gasteiger charge is -2.22. The van der Waals surface area contributed by atoms with E-state index in [0.29, 0.717) is 0 Å². The Morgan fingerprint density at radius 1 is 1.18 bits per heavy atom. The van der Waals surface area contributed by atoms with Gasteiger partial charge in [-0.15, -0.1) is 35.3 Å². The number of nitrogens with zero attached hydrogens (tertiary/aromatic N) is 4. The highest BCUT2D eigenvalue weighted by molar-refractivity contribution is 14.0. The lowest BCUT2D eigenvalue weighted by Crippen LogP contribution is -2.37. The van der Waals surface area contributed by atoms with Crippen molar-refractivity contribution in [2.45, 2.75) is 45.6 Å². The second-order valence-electron chi connectivity index (χ2n) is 6.89. The van der Waals surface area contributed by atoms with E-state index in [1.54, 1.807) is 18.4 Å². The van der Waals surface area contributed by atoms with Crippen molar-refractivity contribution in [2.75, 3.05) is 31.6 Å². The van der Waals surface area contributed by atoms with Crippen LogP contribution in [0.15, 0.2) is 29.5 Å². The highest BCUT2D eigenvalue weighted by Gasteiger charge is 2.11. The fourth-order valence-electron chi connectivity index (χ4n) is 3.25. The van der Waals surface area contributed by atoms with Gasteiger partial charge in [0, 0.05) is 56.9 Å². The van der Waals surface area contributed by atoms with Crippen LogP contribution in [0.3, 0.4) is 0 Å². The summed E-state index contributed by atoms with van der Waals surface area (Å²) in [5, 5.41) is 7.92. The van der Waals surface area contributed by atoms with E-state index >= 15 is 0 Å². The molecule has 0 aromatic carbocycles. The Labute approximate surface area is 189 Å². The van der Waals surface area contributed by atoms with Gasteiger partial charge in [-0.25, -0.2) is 9.97 Å². The zero-order valence-corrected chi connectivity index (χ0v) is 19.9. The minimum absolute atomic E-state index is 0. The Bertz CT molecular complexity index is 740. The highest BCUT2D eigenvalue weighted by Crippen LogP contribution is 2.18. The Kier molecular flexibility index (Phi) is 9.97. The van der Waals surface area contributed by atoms with Crippen LogP contribution in [0.2, 0.25) is 0 Å². The third kappa shape index (κ3) is 7.20. The first-order valence-corrected chi connectivity index (χ1v) is 10.6. The number of aliphatic imine (C=N–C) groups is 1. The average molecular weight is 514 g/mol. The van der Waals surface area contributed by atoms with Crippen molar-refractivity contribution in [3.63, 3.8) is 0 Å². The molecule has 2 N–H and O–H groups in total. The first-order chi connectivity index (χ1) is 13.2. The SMILES string of the molecule is CN=C(NCCc1ncc(C)s1)NCc1ccnc(N2CCCCCC2)c1.I. The maximum absolute atomic E-state index is 4.58. The molecule has 8 heteroatoms. The summed E-state index contributed by atoms with van der Waals surface area (Å²) < 4.78 is 0. The van der Waals surface area contributed by atoms with Crippen molar-refractivity contribution in [2.24, 2.45) is 4.99 Å². The van der Waals surface area contributed by atoms with E-state index in [1.807, 2.05) is 12.4 Å². The smallest absolute Gasteiger partial charge is 0.191 e. The molecule has 0 saturated carbocycles. The Morgan fingerprint density at radius 2 is 1.96 bits per heavy atom. The second-order valence-corrected chi connectivity index (χ2v) is 8.21. The molecule has 2 aromatic heterocycles. The molecule has 154 valence electrons. The highest BCUT2D eigenvalue weighted by atomic mass is 127. The Balaban J connectivity index is 0.00000280. The number of rotatable bonds is 6. The zero-order chi connectivity index (χ0) is 18.9. The van der Waals surface area contributed by atoms with Gasteiger partial charge in [0.05, 0.1) is 5.01 Å². The van der Waals surface area contributed by atoms with Crippen molar-refractivity contribution in [1.82, 2.24) is 20.6 Å². The van der Waals surface area contributed by atoms with Crippen LogP contribution in [-0.4, -0.2) is 42.6 Å². The number of guanidine groups is 1. The summed E-state index contributed by atoms with van der Waals surface area (Å²) in [6, 6.07) is 4.27. The van der Waals surface area contributed by atoms with E-state index in [2.05, 4.69) is 49.6 Å². The number of anilines is 1. The predicted octanol–water partition coefficient (Wildman–Crippen LogP) is 3.75. The maximum atomic E-state index is 4.58. The van der Waals surface area contributed by atoms with Crippen LogP contribution in [-0.2, 0) is 13.0 Å². The van der Waals surface area contributed by atoms with E-state index in [9.17, 15) is 0 Å². The molecule has 2 aromatic rings. The largest absolute Gasteiger partial charge is 0.357 e. The predicted molar refractivity (Wildman–Crippen MR) is 129 cm³/mol. The first kappa shape index (κ1) is 22.9. The number of aryl methyl sites for hydroxylation is 1. The molecule has 1 aliphatic heterocycles. The van der Waals surface area contributed by atoms with Crippen LogP contribution < -0.4 is 15.5 Å². The number of hydrogen-bond acceptors (Lipinski definition) is 5. The van der Waals surface area contributed by atoms with Gasteiger partial charge in [-0.3, -0.25) is 4.99 Å². The lowest BCUT2D eigenvalue weighted by molar-refractivity contribution is 0.726. The van der Waals surface area contributed by atoms with Crippen molar-refractivity contribution in [1.29, 1.82) is 0 Å². The van der Waals surface area contributed by atoms with Crippen molar-refractivity contribution in [3.05, 3.63) is 40.0 Å². The molecule has 28 heavy (non-hydrogen) atoms. The van der Waals surface area contributed by atoms with Gasteiger partial charge < -0.3 is 15.5 Å². The topological polar surface area (TPSA) is 65.4 Å². The molecule has 0 radical (unpaired) electrons. The lowest BCUT2D eigenvalue weighted by atomic mass is 10.2. The van der Waals surface area contributed by atoms with E-state index in [0.717, 1.165) is 49.4 Å². The second kappa shape index (κ2) is 12.2. The molecule has 3 heterocycles. The molecule has 3 rings (SSSR count).